The molecule has 0 aliphatic rings. The lowest BCUT2D eigenvalue weighted by Crippen LogP contribution is -1.92. The maximum absolute atomic E-state index is 2.42. The summed E-state index contributed by atoms with van der Waals surface area (Å²) in [6.07, 6.45) is 4.54. The lowest BCUT2D eigenvalue weighted by atomic mass is 9.84. The third-order valence-corrected chi connectivity index (χ3v) is 13.2. The third-order valence-electron chi connectivity index (χ3n) is 13.2. The first-order valence-corrected chi connectivity index (χ1v) is 22.8. The summed E-state index contributed by atoms with van der Waals surface area (Å²) in [7, 11) is 0. The van der Waals surface area contributed by atoms with Crippen LogP contribution in [-0.2, 0) is 0 Å². The molecule has 0 spiro atoms. The van der Waals surface area contributed by atoms with E-state index in [2.05, 4.69) is 267 Å². The fourth-order valence-electron chi connectivity index (χ4n) is 10.3. The van der Waals surface area contributed by atoms with Crippen LogP contribution in [0.4, 0.5) is 0 Å². The highest BCUT2D eigenvalue weighted by Gasteiger charge is 2.19. The minimum absolute atomic E-state index is 1.15. The molecule has 0 nitrogen and oxygen atoms in total. The molecule has 0 bridgehead atoms. The Hall–Kier alpha value is -8.58. The highest BCUT2D eigenvalue weighted by molar-refractivity contribution is 6.23. The molecule has 0 saturated carbocycles. The van der Waals surface area contributed by atoms with Crippen LogP contribution < -0.4 is 0 Å². The maximum atomic E-state index is 2.42. The molecule has 12 aromatic carbocycles. The topological polar surface area (TPSA) is 0 Å². The van der Waals surface area contributed by atoms with Crippen molar-refractivity contribution >= 4 is 55.2 Å². The molecule has 0 heterocycles. The molecule has 308 valence electrons. The Bertz CT molecular complexity index is 3770. The van der Waals surface area contributed by atoms with E-state index in [4.69, 9.17) is 0 Å². The van der Waals surface area contributed by atoms with Crippen molar-refractivity contribution in [1.29, 1.82) is 0 Å². The molecule has 0 aliphatic carbocycles. The van der Waals surface area contributed by atoms with E-state index in [-0.39, 0.29) is 0 Å². The Morgan fingerprint density at radius 3 is 1.03 bits per heavy atom. The standard InChI is InChI=1S/C66H44/c1-5-22-47(23-6-1)63-55-32-15-17-34-57(55)65(49-26-9-3-10-27-49)61-43-52(38-40-59(61)63)51-30-19-20-45(42-51)36-37-46-21-13-14-31-54(46)53-39-41-60-62(44-53)66(50-28-11-4-12-29-50)58-35-18-16-33-56(58)64(60)48-24-7-2-8-25-48/h1-44H. The van der Waals surface area contributed by atoms with Crippen LogP contribution in [-0.4, -0.2) is 0 Å². The van der Waals surface area contributed by atoms with Crippen LogP contribution in [0.1, 0.15) is 11.1 Å². The first-order chi connectivity index (χ1) is 32.8. The van der Waals surface area contributed by atoms with Crippen LogP contribution >= 0.6 is 0 Å². The Morgan fingerprint density at radius 1 is 0.197 bits per heavy atom. The van der Waals surface area contributed by atoms with E-state index < -0.39 is 0 Å². The molecule has 0 fully saturated rings. The summed E-state index contributed by atoms with van der Waals surface area (Å²) in [6.45, 7) is 0. The Labute approximate surface area is 386 Å². The summed E-state index contributed by atoms with van der Waals surface area (Å²) in [5.74, 6) is 0. The quantitative estimate of drug-likeness (QED) is 0.106. The Kier molecular flexibility index (Phi) is 9.97. The molecule has 12 aromatic rings. The van der Waals surface area contributed by atoms with E-state index >= 15 is 0 Å². The van der Waals surface area contributed by atoms with Crippen molar-refractivity contribution in [1.82, 2.24) is 0 Å². The average Bonchev–Trinajstić information content (AvgIpc) is 3.39. The summed E-state index contributed by atoms with van der Waals surface area (Å²) in [4.78, 5) is 0. The molecule has 0 aromatic heterocycles. The highest BCUT2D eigenvalue weighted by atomic mass is 14.2. The van der Waals surface area contributed by atoms with Crippen molar-refractivity contribution in [3.63, 3.8) is 0 Å². The summed E-state index contributed by atoms with van der Waals surface area (Å²) in [6, 6.07) is 93.0. The van der Waals surface area contributed by atoms with Gasteiger partial charge in [0.25, 0.3) is 0 Å². The van der Waals surface area contributed by atoms with E-state index in [0.29, 0.717) is 0 Å². The second-order valence-corrected chi connectivity index (χ2v) is 17.1. The fourth-order valence-corrected chi connectivity index (χ4v) is 10.3. The molecule has 0 radical (unpaired) electrons. The molecule has 0 aliphatic heterocycles. The fraction of sp³-hybridized carbons (Fsp3) is 0. The smallest absolute Gasteiger partial charge is 0.00262 e. The first kappa shape index (κ1) is 39.0. The van der Waals surface area contributed by atoms with Gasteiger partial charge in [0.1, 0.15) is 0 Å². The predicted octanol–water partition coefficient (Wildman–Crippen LogP) is 18.5. The van der Waals surface area contributed by atoms with Gasteiger partial charge in [0, 0.05) is 0 Å². The van der Waals surface area contributed by atoms with Crippen LogP contribution in [0.3, 0.4) is 0 Å². The van der Waals surface area contributed by atoms with Crippen LogP contribution in [0, 0.1) is 0 Å². The lowest BCUT2D eigenvalue weighted by Gasteiger charge is -2.19. The second-order valence-electron chi connectivity index (χ2n) is 17.1. The van der Waals surface area contributed by atoms with Crippen LogP contribution in [0.25, 0.3) is 122 Å². The Morgan fingerprint density at radius 2 is 0.545 bits per heavy atom. The summed E-state index contributed by atoms with van der Waals surface area (Å²) in [5.41, 5.74) is 17.1. The van der Waals surface area contributed by atoms with Gasteiger partial charge in [-0.1, -0.05) is 249 Å². The van der Waals surface area contributed by atoms with E-state index in [9.17, 15) is 0 Å². The van der Waals surface area contributed by atoms with Crippen molar-refractivity contribution < 1.29 is 0 Å². The maximum Gasteiger partial charge on any atom is -0.00262 e. The minimum atomic E-state index is 1.15. The predicted molar refractivity (Wildman–Crippen MR) is 284 cm³/mol. The summed E-state index contributed by atoms with van der Waals surface area (Å²) >= 11 is 0. The van der Waals surface area contributed by atoms with Crippen LogP contribution in [0.5, 0.6) is 0 Å². The van der Waals surface area contributed by atoms with Crippen molar-refractivity contribution in [3.8, 4) is 66.8 Å². The van der Waals surface area contributed by atoms with Gasteiger partial charge < -0.3 is 0 Å². The molecule has 0 atom stereocenters. The van der Waals surface area contributed by atoms with E-state index in [1.165, 1.54) is 115 Å². The van der Waals surface area contributed by atoms with Crippen LogP contribution in [0.15, 0.2) is 255 Å². The summed E-state index contributed by atoms with van der Waals surface area (Å²) in [5, 5.41) is 10.0. The average molecular weight is 837 g/mol. The zero-order valence-corrected chi connectivity index (χ0v) is 36.4. The van der Waals surface area contributed by atoms with Gasteiger partial charge in [-0.2, -0.15) is 0 Å². The normalized spacial score (nSPS) is 11.6. The third kappa shape index (κ3) is 6.97. The molecule has 0 N–H and O–H groups in total. The first-order valence-electron chi connectivity index (χ1n) is 22.8. The zero-order chi connectivity index (χ0) is 43.8. The van der Waals surface area contributed by atoms with E-state index in [1.54, 1.807) is 0 Å². The largest absolute Gasteiger partial charge is 0.0622 e. The number of hydrogen-bond acceptors (Lipinski definition) is 0. The molecule has 12 rings (SSSR count). The van der Waals surface area contributed by atoms with Crippen molar-refractivity contribution in [2.45, 2.75) is 0 Å². The summed E-state index contributed by atoms with van der Waals surface area (Å²) < 4.78 is 0. The van der Waals surface area contributed by atoms with Gasteiger partial charge in [-0.05, 0) is 139 Å². The molecule has 0 saturated heterocycles. The zero-order valence-electron chi connectivity index (χ0n) is 36.4. The molecule has 0 amide bonds. The van der Waals surface area contributed by atoms with Gasteiger partial charge in [-0.25, -0.2) is 0 Å². The monoisotopic (exact) mass is 836 g/mol. The van der Waals surface area contributed by atoms with Crippen molar-refractivity contribution in [2.75, 3.05) is 0 Å². The van der Waals surface area contributed by atoms with E-state index in [0.717, 1.165) is 5.56 Å². The van der Waals surface area contributed by atoms with Gasteiger partial charge in [0.15, 0.2) is 0 Å². The van der Waals surface area contributed by atoms with Crippen molar-refractivity contribution in [2.24, 2.45) is 0 Å². The SMILES string of the molecule is C(=Cc1ccccc1-c1ccc2c(-c3ccccc3)c3ccccc3c(-c3ccccc3)c2c1)c1cccc(-c2ccc3c(-c4ccccc4)c4ccccc4c(-c4ccccc4)c3c2)c1. The number of benzene rings is 12. The molecular weight excluding hydrogens is 793 g/mol. The lowest BCUT2D eigenvalue weighted by molar-refractivity contribution is 1.60. The highest BCUT2D eigenvalue weighted by Crippen LogP contribution is 2.47. The second kappa shape index (κ2) is 16.8. The van der Waals surface area contributed by atoms with Gasteiger partial charge in [-0.3, -0.25) is 0 Å². The minimum Gasteiger partial charge on any atom is -0.0622 e. The Balaban J connectivity index is 0.968. The number of hydrogen-bond donors (Lipinski definition) is 0. The molecule has 0 unspecified atom stereocenters. The van der Waals surface area contributed by atoms with Gasteiger partial charge in [0.2, 0.25) is 0 Å². The molecule has 66 heavy (non-hydrogen) atoms. The van der Waals surface area contributed by atoms with E-state index in [1.807, 2.05) is 0 Å². The van der Waals surface area contributed by atoms with Gasteiger partial charge in [-0.15, -0.1) is 0 Å². The molecule has 0 heteroatoms. The number of rotatable bonds is 8. The van der Waals surface area contributed by atoms with Gasteiger partial charge in [0.05, 0.1) is 0 Å². The van der Waals surface area contributed by atoms with Crippen LogP contribution in [0.2, 0.25) is 0 Å². The van der Waals surface area contributed by atoms with Crippen molar-refractivity contribution in [3.05, 3.63) is 266 Å². The van der Waals surface area contributed by atoms with Gasteiger partial charge >= 0.3 is 0 Å². The molecular formula is C66H44. The number of fused-ring (bicyclic) bond motifs is 4.